The number of nitrogen functional groups attached to an aromatic ring is 1. The summed E-state index contributed by atoms with van der Waals surface area (Å²) in [6.45, 7) is 3.98. The lowest BCUT2D eigenvalue weighted by Crippen LogP contribution is -2.28. The zero-order chi connectivity index (χ0) is 17.5. The molecular formula is C18H15N6O+. The average Bonchev–Trinajstić information content (AvgIpc) is 3.15. The minimum atomic E-state index is 0.440. The highest BCUT2D eigenvalue weighted by Gasteiger charge is 2.29. The molecule has 0 radical (unpaired) electrons. The van der Waals surface area contributed by atoms with E-state index in [1.165, 1.54) is 0 Å². The molecule has 0 aliphatic rings. The fraction of sp³-hybridized carbons (Fsp3) is 0.167. The van der Waals surface area contributed by atoms with Crippen molar-refractivity contribution in [2.24, 2.45) is 0 Å². The first-order valence-corrected chi connectivity index (χ1v) is 7.89. The average molecular weight is 331 g/mol. The van der Waals surface area contributed by atoms with Crippen molar-refractivity contribution in [1.82, 2.24) is 14.0 Å². The maximum Gasteiger partial charge on any atom is 0.297 e. The Morgan fingerprint density at radius 2 is 2.08 bits per heavy atom. The number of benzene rings is 1. The molecule has 0 saturated heterocycles. The first-order valence-electron chi connectivity index (χ1n) is 7.89. The number of hydrogen-bond donors (Lipinski definition) is 1. The Hall–Kier alpha value is -3.53. The van der Waals surface area contributed by atoms with Crippen LogP contribution >= 0.6 is 0 Å². The van der Waals surface area contributed by atoms with Crippen LogP contribution in [-0.4, -0.2) is 21.1 Å². The molecule has 4 heterocycles. The van der Waals surface area contributed by atoms with Gasteiger partial charge in [-0.3, -0.25) is 10.1 Å². The molecule has 0 saturated carbocycles. The molecule has 5 rings (SSSR count). The zero-order valence-electron chi connectivity index (χ0n) is 14.0. The number of aromatic nitrogens is 4. The molecule has 0 fully saturated rings. The van der Waals surface area contributed by atoms with Crippen LogP contribution in [0.25, 0.3) is 27.6 Å². The topological polar surface area (TPSA) is 84.8 Å². The van der Waals surface area contributed by atoms with Crippen molar-refractivity contribution in [2.45, 2.75) is 13.8 Å². The fourth-order valence-electron chi connectivity index (χ4n) is 3.90. The number of fused-ring (bicyclic) bond motifs is 3. The van der Waals surface area contributed by atoms with Gasteiger partial charge in [0.1, 0.15) is 23.7 Å². The number of ether oxygens (including phenoxy) is 1. The van der Waals surface area contributed by atoms with Gasteiger partial charge in [-0.2, -0.15) is 14.8 Å². The van der Waals surface area contributed by atoms with Gasteiger partial charge in [-0.15, -0.1) is 0 Å². The van der Waals surface area contributed by atoms with Gasteiger partial charge in [-0.1, -0.05) is 0 Å². The van der Waals surface area contributed by atoms with Gasteiger partial charge in [0, 0.05) is 11.3 Å². The van der Waals surface area contributed by atoms with E-state index in [0.29, 0.717) is 11.4 Å². The van der Waals surface area contributed by atoms with Crippen LogP contribution in [0, 0.1) is 25.2 Å². The lowest BCUT2D eigenvalue weighted by Gasteiger charge is -2.10. The van der Waals surface area contributed by atoms with Gasteiger partial charge in [-0.05, 0) is 32.0 Å². The number of rotatable bonds is 1. The van der Waals surface area contributed by atoms with E-state index >= 15 is 0 Å². The molecule has 0 aliphatic carbocycles. The van der Waals surface area contributed by atoms with Crippen LogP contribution < -0.4 is 14.9 Å². The summed E-state index contributed by atoms with van der Waals surface area (Å²) in [5, 5.41) is 15.1. The number of pyridine rings is 1. The predicted octanol–water partition coefficient (Wildman–Crippen LogP) is 2.00. The van der Waals surface area contributed by atoms with Crippen LogP contribution in [0.15, 0.2) is 24.5 Å². The molecule has 1 aromatic carbocycles. The van der Waals surface area contributed by atoms with Gasteiger partial charge < -0.3 is 4.74 Å². The van der Waals surface area contributed by atoms with Gasteiger partial charge in [0.05, 0.1) is 12.5 Å². The van der Waals surface area contributed by atoms with Crippen LogP contribution in [0.4, 0.5) is 5.82 Å². The number of nitriles is 1. The second-order valence-electron chi connectivity index (χ2n) is 6.25. The van der Waals surface area contributed by atoms with Crippen molar-refractivity contribution in [2.75, 3.05) is 12.8 Å². The molecule has 5 aromatic rings. The minimum absolute atomic E-state index is 0.440. The molecule has 4 aromatic heterocycles. The Morgan fingerprint density at radius 1 is 1.28 bits per heavy atom. The Balaban J connectivity index is 2.26. The van der Waals surface area contributed by atoms with E-state index in [0.717, 1.165) is 44.6 Å². The quantitative estimate of drug-likeness (QED) is 0.376. The van der Waals surface area contributed by atoms with Crippen molar-refractivity contribution < 1.29 is 9.14 Å². The van der Waals surface area contributed by atoms with Crippen LogP contribution in [0.1, 0.15) is 16.8 Å². The third-order valence-electron chi connectivity index (χ3n) is 5.05. The molecular weight excluding hydrogens is 316 g/mol. The third kappa shape index (κ3) is 1.41. The molecule has 0 atom stereocenters. The Labute approximate surface area is 142 Å². The fourth-order valence-corrected chi connectivity index (χ4v) is 3.90. The molecule has 25 heavy (non-hydrogen) atoms. The molecule has 7 heteroatoms. The number of hydrogen-bond acceptors (Lipinski definition) is 4. The third-order valence-corrected chi connectivity index (χ3v) is 5.05. The van der Waals surface area contributed by atoms with Crippen molar-refractivity contribution in [3.63, 3.8) is 0 Å². The van der Waals surface area contributed by atoms with E-state index in [9.17, 15) is 5.26 Å². The summed E-state index contributed by atoms with van der Waals surface area (Å²) in [6, 6.07) is 8.14. The molecule has 7 nitrogen and oxygen atoms in total. The second-order valence-corrected chi connectivity index (χ2v) is 6.25. The van der Waals surface area contributed by atoms with E-state index < -0.39 is 0 Å². The summed E-state index contributed by atoms with van der Waals surface area (Å²) in [5.41, 5.74) is 12.4. The normalized spacial score (nSPS) is 11.9. The summed E-state index contributed by atoms with van der Waals surface area (Å²) < 4.78 is 11.4. The Morgan fingerprint density at radius 3 is 2.80 bits per heavy atom. The van der Waals surface area contributed by atoms with E-state index in [2.05, 4.69) is 11.2 Å². The summed E-state index contributed by atoms with van der Waals surface area (Å²) >= 11 is 0. The maximum atomic E-state index is 9.68. The molecule has 0 unspecified atom stereocenters. The Kier molecular flexibility index (Phi) is 2.39. The minimum Gasteiger partial charge on any atom is -0.496 e. The summed E-state index contributed by atoms with van der Waals surface area (Å²) in [7, 11) is 1.64. The van der Waals surface area contributed by atoms with E-state index in [4.69, 9.17) is 10.5 Å². The molecule has 0 bridgehead atoms. The maximum absolute atomic E-state index is 9.68. The molecule has 122 valence electrons. The number of methoxy groups -OCH3 is 1. The lowest BCUT2D eigenvalue weighted by molar-refractivity contribution is -0.461. The lowest BCUT2D eigenvalue weighted by atomic mass is 10.1. The highest BCUT2D eigenvalue weighted by molar-refractivity contribution is 5.99. The second kappa shape index (κ2) is 4.30. The highest BCUT2D eigenvalue weighted by atomic mass is 16.5. The van der Waals surface area contributed by atoms with Crippen LogP contribution in [0.3, 0.4) is 0 Å². The SMILES string of the molecule is COc1ccc2c(c1C)[n+]1c(N)c(C#N)c3cc(C)n4cnn2c4c31. The smallest absolute Gasteiger partial charge is 0.297 e. The number of anilines is 1. The monoisotopic (exact) mass is 331 g/mol. The van der Waals surface area contributed by atoms with Gasteiger partial charge in [-0.25, -0.2) is 4.52 Å². The molecule has 0 amide bonds. The summed E-state index contributed by atoms with van der Waals surface area (Å²) in [4.78, 5) is 0. The van der Waals surface area contributed by atoms with Crippen LogP contribution in [0.2, 0.25) is 0 Å². The van der Waals surface area contributed by atoms with Gasteiger partial charge >= 0.3 is 0 Å². The van der Waals surface area contributed by atoms with Gasteiger partial charge in [0.2, 0.25) is 0 Å². The van der Waals surface area contributed by atoms with Gasteiger partial charge in [0.25, 0.3) is 5.82 Å². The van der Waals surface area contributed by atoms with Crippen LogP contribution in [-0.2, 0) is 0 Å². The number of nitrogens with zero attached hydrogens (tertiary/aromatic N) is 5. The Bertz CT molecular complexity index is 1370. The standard InChI is InChI=1S/C18H14N6O/c1-9-6-11-12(7-19)17(20)23-15-10(2)14(25-3)5-4-13(15)24-18(16(11)23)22(9)8-21-24/h4-6,8,20H,1-3H3/p+1. The summed E-state index contributed by atoms with van der Waals surface area (Å²) in [6.07, 6.45) is 1.79. The highest BCUT2D eigenvalue weighted by Crippen LogP contribution is 2.33. The molecule has 2 N–H and O–H groups in total. The number of nitrogens with two attached hydrogens (primary N) is 1. The number of aryl methyl sites for hydroxylation is 2. The van der Waals surface area contributed by atoms with Crippen molar-refractivity contribution in [1.29, 1.82) is 5.26 Å². The van der Waals surface area contributed by atoms with E-state index in [1.54, 1.807) is 13.4 Å². The predicted molar refractivity (Wildman–Crippen MR) is 93.2 cm³/mol. The largest absolute Gasteiger partial charge is 0.496 e. The van der Waals surface area contributed by atoms with Gasteiger partial charge in [0.15, 0.2) is 22.2 Å². The van der Waals surface area contributed by atoms with Crippen LogP contribution in [0.5, 0.6) is 5.75 Å². The zero-order valence-corrected chi connectivity index (χ0v) is 14.0. The first kappa shape index (κ1) is 13.9. The van der Waals surface area contributed by atoms with E-state index in [1.807, 2.05) is 45.4 Å². The van der Waals surface area contributed by atoms with Crippen molar-refractivity contribution in [3.05, 3.63) is 41.3 Å². The molecule has 0 spiro atoms. The summed E-state index contributed by atoms with van der Waals surface area (Å²) in [5.74, 6) is 1.21. The first-order chi connectivity index (χ1) is 12.1. The van der Waals surface area contributed by atoms with Crippen molar-refractivity contribution >= 4 is 33.4 Å². The molecule has 0 aliphatic heterocycles. The van der Waals surface area contributed by atoms with E-state index in [-0.39, 0.29) is 0 Å². The van der Waals surface area contributed by atoms with Crippen molar-refractivity contribution in [3.8, 4) is 11.8 Å².